The van der Waals surface area contributed by atoms with Crippen molar-refractivity contribution in [2.24, 2.45) is 4.99 Å². The van der Waals surface area contributed by atoms with Gasteiger partial charge in [-0.1, -0.05) is 16.8 Å². The fourth-order valence-electron chi connectivity index (χ4n) is 2.58. The molecule has 0 bridgehead atoms. The average Bonchev–Trinajstić information content (AvgIpc) is 3.10. The average molecular weight is 369 g/mol. The molecular formula is C15H18ClFN6O2. The molecule has 2 aromatic rings. The SMILES string of the molecule is ONC(=Nc1ccc(F)c(Cl)c1)c1nonc1CNC1CCCNC1. The van der Waals surface area contributed by atoms with Crippen LogP contribution >= 0.6 is 11.6 Å². The van der Waals surface area contributed by atoms with E-state index >= 15 is 0 Å². The molecule has 0 amide bonds. The second-order valence-corrected chi connectivity index (χ2v) is 6.06. The van der Waals surface area contributed by atoms with Gasteiger partial charge in [0.1, 0.15) is 11.5 Å². The fraction of sp³-hybridized carbons (Fsp3) is 0.400. The van der Waals surface area contributed by atoms with E-state index in [1.54, 1.807) is 0 Å². The Morgan fingerprint density at radius 2 is 2.36 bits per heavy atom. The number of aliphatic imine (C=N–C) groups is 1. The zero-order valence-electron chi connectivity index (χ0n) is 13.3. The van der Waals surface area contributed by atoms with Gasteiger partial charge >= 0.3 is 0 Å². The highest BCUT2D eigenvalue weighted by Gasteiger charge is 2.19. The molecule has 0 spiro atoms. The van der Waals surface area contributed by atoms with Crippen molar-refractivity contribution in [1.82, 2.24) is 26.4 Å². The number of aromatic nitrogens is 2. The third-order valence-electron chi connectivity index (χ3n) is 3.89. The van der Waals surface area contributed by atoms with Crippen LogP contribution in [0, 0.1) is 5.82 Å². The van der Waals surface area contributed by atoms with Gasteiger partial charge in [0.15, 0.2) is 11.5 Å². The van der Waals surface area contributed by atoms with Crippen molar-refractivity contribution >= 4 is 23.1 Å². The zero-order chi connectivity index (χ0) is 17.6. The molecule has 3 rings (SSSR count). The first-order valence-electron chi connectivity index (χ1n) is 7.87. The minimum Gasteiger partial charge on any atom is -0.315 e. The number of benzene rings is 1. The highest BCUT2D eigenvalue weighted by molar-refractivity contribution is 6.31. The number of rotatable bonds is 5. The predicted octanol–water partition coefficient (Wildman–Crippen LogP) is 1.76. The molecule has 1 unspecified atom stereocenters. The van der Waals surface area contributed by atoms with E-state index in [9.17, 15) is 9.60 Å². The first kappa shape index (κ1) is 17.7. The van der Waals surface area contributed by atoms with Crippen LogP contribution in [0.2, 0.25) is 5.02 Å². The van der Waals surface area contributed by atoms with Gasteiger partial charge in [0.05, 0.1) is 10.7 Å². The predicted molar refractivity (Wildman–Crippen MR) is 89.6 cm³/mol. The van der Waals surface area contributed by atoms with E-state index in [4.69, 9.17) is 16.2 Å². The molecule has 1 atom stereocenters. The summed E-state index contributed by atoms with van der Waals surface area (Å²) in [5.41, 5.74) is 3.09. The highest BCUT2D eigenvalue weighted by Crippen LogP contribution is 2.22. The Bertz CT molecular complexity index is 747. The lowest BCUT2D eigenvalue weighted by atomic mass is 10.1. The van der Waals surface area contributed by atoms with Crippen LogP contribution < -0.4 is 16.1 Å². The second-order valence-electron chi connectivity index (χ2n) is 5.65. The Labute approximate surface area is 148 Å². The number of halogens is 2. The molecule has 2 heterocycles. The first-order chi connectivity index (χ1) is 12.2. The molecule has 10 heteroatoms. The molecule has 0 saturated carbocycles. The molecule has 1 aromatic carbocycles. The van der Waals surface area contributed by atoms with E-state index in [1.807, 2.05) is 5.48 Å². The molecule has 4 N–H and O–H groups in total. The van der Waals surface area contributed by atoms with Gasteiger partial charge in [-0.25, -0.2) is 14.0 Å². The topological polar surface area (TPSA) is 108 Å². The molecule has 0 aliphatic carbocycles. The number of hydrogen-bond donors (Lipinski definition) is 4. The van der Waals surface area contributed by atoms with E-state index in [-0.39, 0.29) is 16.6 Å². The van der Waals surface area contributed by atoms with Gasteiger partial charge in [-0.3, -0.25) is 10.7 Å². The fourth-order valence-corrected chi connectivity index (χ4v) is 2.76. The van der Waals surface area contributed by atoms with Crippen LogP contribution in [-0.4, -0.2) is 40.5 Å². The molecule has 1 aliphatic rings. The third kappa shape index (κ3) is 4.51. The van der Waals surface area contributed by atoms with Gasteiger partial charge in [0.25, 0.3) is 0 Å². The molecule has 1 aromatic heterocycles. The summed E-state index contributed by atoms with van der Waals surface area (Å²) in [6, 6.07) is 4.29. The van der Waals surface area contributed by atoms with E-state index in [0.29, 0.717) is 24.0 Å². The zero-order valence-corrected chi connectivity index (χ0v) is 14.1. The molecule has 25 heavy (non-hydrogen) atoms. The maximum Gasteiger partial charge on any atom is 0.182 e. The van der Waals surface area contributed by atoms with E-state index < -0.39 is 5.82 Å². The molecule has 1 aliphatic heterocycles. The first-order valence-corrected chi connectivity index (χ1v) is 8.25. The summed E-state index contributed by atoms with van der Waals surface area (Å²) < 4.78 is 18.0. The molecule has 134 valence electrons. The van der Waals surface area contributed by atoms with E-state index in [0.717, 1.165) is 25.9 Å². The van der Waals surface area contributed by atoms with Gasteiger partial charge in [-0.05, 0) is 42.7 Å². The third-order valence-corrected chi connectivity index (χ3v) is 4.18. The van der Waals surface area contributed by atoms with Crippen molar-refractivity contribution in [3.63, 3.8) is 0 Å². The van der Waals surface area contributed by atoms with Crippen LogP contribution in [0.5, 0.6) is 0 Å². The van der Waals surface area contributed by atoms with Gasteiger partial charge in [0, 0.05) is 19.1 Å². The van der Waals surface area contributed by atoms with Crippen LogP contribution in [0.3, 0.4) is 0 Å². The summed E-state index contributed by atoms with van der Waals surface area (Å²) in [5.74, 6) is -0.518. The smallest absolute Gasteiger partial charge is 0.182 e. The summed E-state index contributed by atoms with van der Waals surface area (Å²) >= 11 is 5.74. The van der Waals surface area contributed by atoms with Crippen molar-refractivity contribution in [2.75, 3.05) is 13.1 Å². The van der Waals surface area contributed by atoms with Crippen molar-refractivity contribution in [3.8, 4) is 0 Å². The Kier molecular flexibility index (Phi) is 5.92. The number of amidine groups is 1. The van der Waals surface area contributed by atoms with Crippen molar-refractivity contribution < 1.29 is 14.2 Å². The highest BCUT2D eigenvalue weighted by atomic mass is 35.5. The Hall–Kier alpha value is -2.07. The number of nitrogens with zero attached hydrogens (tertiary/aromatic N) is 3. The largest absolute Gasteiger partial charge is 0.315 e. The lowest BCUT2D eigenvalue weighted by Crippen LogP contribution is -2.43. The van der Waals surface area contributed by atoms with Crippen LogP contribution in [0.25, 0.3) is 0 Å². The van der Waals surface area contributed by atoms with Crippen molar-refractivity contribution in [3.05, 3.63) is 40.4 Å². The Morgan fingerprint density at radius 3 is 3.08 bits per heavy atom. The minimum atomic E-state index is -0.548. The number of hydroxylamine groups is 1. The lowest BCUT2D eigenvalue weighted by Gasteiger charge is -2.23. The Balaban J connectivity index is 1.75. The van der Waals surface area contributed by atoms with Gasteiger partial charge in [0.2, 0.25) is 0 Å². The monoisotopic (exact) mass is 368 g/mol. The maximum absolute atomic E-state index is 13.2. The van der Waals surface area contributed by atoms with E-state index in [2.05, 4.69) is 25.9 Å². The number of nitrogens with one attached hydrogen (secondary N) is 3. The molecule has 1 fully saturated rings. The normalized spacial score (nSPS) is 18.4. The lowest BCUT2D eigenvalue weighted by molar-refractivity contribution is 0.234. The number of piperidine rings is 1. The van der Waals surface area contributed by atoms with Gasteiger partial charge in [-0.15, -0.1) is 0 Å². The van der Waals surface area contributed by atoms with Crippen LogP contribution in [-0.2, 0) is 6.54 Å². The van der Waals surface area contributed by atoms with E-state index in [1.165, 1.54) is 18.2 Å². The molecule has 1 saturated heterocycles. The summed E-state index contributed by atoms with van der Waals surface area (Å²) in [4.78, 5) is 4.18. The summed E-state index contributed by atoms with van der Waals surface area (Å²) in [6.07, 6.45) is 2.18. The van der Waals surface area contributed by atoms with Crippen LogP contribution in [0.1, 0.15) is 24.2 Å². The minimum absolute atomic E-state index is 0.0301. The van der Waals surface area contributed by atoms with Crippen molar-refractivity contribution in [2.45, 2.75) is 25.4 Å². The van der Waals surface area contributed by atoms with Crippen LogP contribution in [0.15, 0.2) is 27.8 Å². The summed E-state index contributed by atoms with van der Waals surface area (Å²) in [6.45, 7) is 2.32. The summed E-state index contributed by atoms with van der Waals surface area (Å²) in [5, 5.41) is 23.6. The molecule has 0 radical (unpaired) electrons. The number of hydrogen-bond acceptors (Lipinski definition) is 7. The standard InChI is InChI=1S/C15H18ClFN6O2/c16-11-6-9(3-4-12(11)17)20-15(21-24)14-13(22-25-23-14)8-19-10-2-1-5-18-7-10/h3-4,6,10,18-19,24H,1-2,5,7-8H2,(H,20,21). The molecule has 8 nitrogen and oxygen atoms in total. The Morgan fingerprint density at radius 1 is 1.48 bits per heavy atom. The maximum atomic E-state index is 13.2. The quantitative estimate of drug-likeness (QED) is 0.362. The summed E-state index contributed by atoms with van der Waals surface area (Å²) in [7, 11) is 0. The molecular weight excluding hydrogens is 351 g/mol. The van der Waals surface area contributed by atoms with Crippen LogP contribution in [0.4, 0.5) is 10.1 Å². The second kappa shape index (κ2) is 8.34. The van der Waals surface area contributed by atoms with Gasteiger partial charge in [-0.2, -0.15) is 0 Å². The van der Waals surface area contributed by atoms with Gasteiger partial charge < -0.3 is 10.6 Å². The van der Waals surface area contributed by atoms with Crippen molar-refractivity contribution in [1.29, 1.82) is 0 Å².